The van der Waals surface area contributed by atoms with E-state index in [1.165, 1.54) is 0 Å². The first-order valence-corrected chi connectivity index (χ1v) is 8.19. The van der Waals surface area contributed by atoms with Crippen molar-refractivity contribution in [3.63, 3.8) is 0 Å². The molecule has 0 atom stereocenters. The standard InChI is InChI=1S/C13H20N2O5S/c1-2-19-13(16)7-8-15-21(17,18)10-9-20-12-5-3-11(14)4-6-12/h3-6,15H,2,7-10,14H2,1H3. The fourth-order valence-corrected chi connectivity index (χ4v) is 2.31. The molecule has 3 N–H and O–H groups in total. The summed E-state index contributed by atoms with van der Waals surface area (Å²) in [4.78, 5) is 11.1. The molecule has 0 aliphatic carbocycles. The third-order valence-electron chi connectivity index (χ3n) is 2.46. The van der Waals surface area contributed by atoms with Crippen LogP contribution >= 0.6 is 0 Å². The fraction of sp³-hybridized carbons (Fsp3) is 0.462. The lowest BCUT2D eigenvalue weighted by Crippen LogP contribution is -2.31. The lowest BCUT2D eigenvalue weighted by Gasteiger charge is -2.08. The van der Waals surface area contributed by atoms with E-state index in [-0.39, 0.29) is 31.9 Å². The minimum Gasteiger partial charge on any atom is -0.492 e. The number of hydrogen-bond acceptors (Lipinski definition) is 6. The molecular formula is C13H20N2O5S. The van der Waals surface area contributed by atoms with Gasteiger partial charge in [-0.05, 0) is 31.2 Å². The van der Waals surface area contributed by atoms with E-state index < -0.39 is 16.0 Å². The summed E-state index contributed by atoms with van der Waals surface area (Å²) in [6.45, 7) is 2.00. The molecule has 0 aromatic heterocycles. The molecule has 1 aromatic carbocycles. The Kier molecular flexibility index (Phi) is 6.97. The number of nitrogens with one attached hydrogen (secondary N) is 1. The van der Waals surface area contributed by atoms with Crippen molar-refractivity contribution in [3.05, 3.63) is 24.3 Å². The minimum atomic E-state index is -3.48. The van der Waals surface area contributed by atoms with Gasteiger partial charge in [0.15, 0.2) is 0 Å². The molecule has 1 rings (SSSR count). The lowest BCUT2D eigenvalue weighted by atomic mass is 10.3. The molecule has 118 valence electrons. The van der Waals surface area contributed by atoms with Crippen LogP contribution in [0.5, 0.6) is 5.75 Å². The number of hydrogen-bond donors (Lipinski definition) is 2. The number of anilines is 1. The van der Waals surface area contributed by atoms with Crippen LogP contribution in [0.1, 0.15) is 13.3 Å². The molecule has 0 unspecified atom stereocenters. The van der Waals surface area contributed by atoms with Gasteiger partial charge in [-0.2, -0.15) is 0 Å². The summed E-state index contributed by atoms with van der Waals surface area (Å²) in [5.74, 6) is -0.0792. The Morgan fingerprint density at radius 3 is 2.57 bits per heavy atom. The Labute approximate surface area is 124 Å². The van der Waals surface area contributed by atoms with Crippen LogP contribution in [0.2, 0.25) is 0 Å². The van der Waals surface area contributed by atoms with Crippen molar-refractivity contribution >= 4 is 21.7 Å². The first kappa shape index (κ1) is 17.3. The van der Waals surface area contributed by atoms with E-state index in [4.69, 9.17) is 15.2 Å². The third kappa shape index (κ3) is 7.52. The Morgan fingerprint density at radius 1 is 1.29 bits per heavy atom. The quantitative estimate of drug-likeness (QED) is 0.508. The number of ether oxygens (including phenoxy) is 2. The van der Waals surface area contributed by atoms with E-state index in [0.717, 1.165) is 0 Å². The van der Waals surface area contributed by atoms with E-state index in [1.807, 2.05) is 0 Å². The summed E-state index contributed by atoms with van der Waals surface area (Å²) in [5.41, 5.74) is 6.13. The maximum absolute atomic E-state index is 11.7. The molecule has 1 aromatic rings. The Bertz CT molecular complexity index is 542. The summed E-state index contributed by atoms with van der Waals surface area (Å²) in [6, 6.07) is 6.66. The van der Waals surface area contributed by atoms with Crippen LogP contribution < -0.4 is 15.2 Å². The molecule has 0 radical (unpaired) electrons. The average molecular weight is 316 g/mol. The highest BCUT2D eigenvalue weighted by atomic mass is 32.2. The molecule has 0 saturated heterocycles. The zero-order valence-electron chi connectivity index (χ0n) is 11.9. The van der Waals surface area contributed by atoms with E-state index >= 15 is 0 Å². The molecule has 0 fully saturated rings. The summed E-state index contributed by atoms with van der Waals surface area (Å²) in [7, 11) is -3.48. The van der Waals surface area contributed by atoms with Gasteiger partial charge in [-0.25, -0.2) is 13.1 Å². The maximum atomic E-state index is 11.7. The maximum Gasteiger partial charge on any atom is 0.307 e. The van der Waals surface area contributed by atoms with Crippen LogP contribution in [-0.2, 0) is 19.6 Å². The first-order chi connectivity index (χ1) is 9.93. The number of carbonyl (C=O) groups is 1. The summed E-state index contributed by atoms with van der Waals surface area (Å²) in [5, 5.41) is 0. The van der Waals surface area contributed by atoms with E-state index in [9.17, 15) is 13.2 Å². The van der Waals surface area contributed by atoms with Gasteiger partial charge in [0.05, 0.1) is 18.8 Å². The zero-order chi connectivity index (χ0) is 15.7. The molecule has 8 heteroatoms. The lowest BCUT2D eigenvalue weighted by molar-refractivity contribution is -0.142. The number of benzene rings is 1. The van der Waals surface area contributed by atoms with Gasteiger partial charge in [0.1, 0.15) is 12.4 Å². The monoisotopic (exact) mass is 316 g/mol. The Hall–Kier alpha value is -1.80. The van der Waals surface area contributed by atoms with Crippen LogP contribution in [0, 0.1) is 0 Å². The van der Waals surface area contributed by atoms with Crippen molar-refractivity contribution in [2.45, 2.75) is 13.3 Å². The highest BCUT2D eigenvalue weighted by molar-refractivity contribution is 7.89. The van der Waals surface area contributed by atoms with Gasteiger partial charge in [-0.3, -0.25) is 4.79 Å². The summed E-state index contributed by atoms with van der Waals surface area (Å²) >= 11 is 0. The largest absolute Gasteiger partial charge is 0.492 e. The van der Waals surface area contributed by atoms with Crippen molar-refractivity contribution in [2.75, 3.05) is 31.2 Å². The highest BCUT2D eigenvalue weighted by Gasteiger charge is 2.11. The predicted octanol–water partition coefficient (Wildman–Crippen LogP) is 0.520. The van der Waals surface area contributed by atoms with Crippen molar-refractivity contribution < 1.29 is 22.7 Å². The average Bonchev–Trinajstić information content (AvgIpc) is 2.41. The zero-order valence-corrected chi connectivity index (χ0v) is 12.7. The summed E-state index contributed by atoms with van der Waals surface area (Å²) < 4.78 is 35.6. The van der Waals surface area contributed by atoms with E-state index in [1.54, 1.807) is 31.2 Å². The number of nitrogen functional groups attached to an aromatic ring is 1. The molecule has 0 aliphatic heterocycles. The molecule has 0 amide bonds. The van der Waals surface area contributed by atoms with E-state index in [0.29, 0.717) is 11.4 Å². The second-order valence-corrected chi connectivity index (χ2v) is 6.11. The first-order valence-electron chi connectivity index (χ1n) is 6.54. The van der Waals surface area contributed by atoms with Crippen molar-refractivity contribution in [1.82, 2.24) is 4.72 Å². The highest BCUT2D eigenvalue weighted by Crippen LogP contribution is 2.12. The minimum absolute atomic E-state index is 0.00584. The molecule has 0 saturated carbocycles. The molecule has 0 heterocycles. The van der Waals surface area contributed by atoms with Crippen LogP contribution in [0.15, 0.2) is 24.3 Å². The van der Waals surface area contributed by atoms with Crippen molar-refractivity contribution in [2.24, 2.45) is 0 Å². The number of sulfonamides is 1. The smallest absolute Gasteiger partial charge is 0.307 e. The molecule has 0 bridgehead atoms. The van der Waals surface area contributed by atoms with Gasteiger partial charge in [-0.15, -0.1) is 0 Å². The molecular weight excluding hydrogens is 296 g/mol. The van der Waals surface area contributed by atoms with E-state index in [2.05, 4.69) is 4.72 Å². The van der Waals surface area contributed by atoms with Gasteiger partial charge in [0.25, 0.3) is 0 Å². The molecule has 0 aliphatic rings. The Morgan fingerprint density at radius 2 is 1.95 bits per heavy atom. The number of rotatable bonds is 9. The second kappa shape index (κ2) is 8.48. The van der Waals surface area contributed by atoms with Gasteiger partial charge >= 0.3 is 5.97 Å². The molecule has 0 spiro atoms. The Balaban J connectivity index is 2.26. The molecule has 7 nitrogen and oxygen atoms in total. The van der Waals surface area contributed by atoms with Crippen LogP contribution in [-0.4, -0.2) is 39.9 Å². The fourth-order valence-electron chi connectivity index (χ4n) is 1.45. The summed E-state index contributed by atoms with van der Waals surface area (Å²) in [6.07, 6.45) is 0.00584. The number of carbonyl (C=O) groups excluding carboxylic acids is 1. The van der Waals surface area contributed by atoms with Gasteiger partial charge in [-0.1, -0.05) is 0 Å². The predicted molar refractivity (Wildman–Crippen MR) is 79.4 cm³/mol. The van der Waals surface area contributed by atoms with Gasteiger partial charge < -0.3 is 15.2 Å². The van der Waals surface area contributed by atoms with Crippen LogP contribution in [0.25, 0.3) is 0 Å². The van der Waals surface area contributed by atoms with Crippen molar-refractivity contribution in [1.29, 1.82) is 0 Å². The second-order valence-electron chi connectivity index (χ2n) is 4.19. The third-order valence-corrected chi connectivity index (χ3v) is 3.81. The van der Waals surface area contributed by atoms with Crippen molar-refractivity contribution in [3.8, 4) is 5.75 Å². The SMILES string of the molecule is CCOC(=O)CCNS(=O)(=O)CCOc1ccc(N)cc1. The normalized spacial score (nSPS) is 11.1. The molecule has 21 heavy (non-hydrogen) atoms. The topological polar surface area (TPSA) is 108 Å². The van der Waals surface area contributed by atoms with Crippen LogP contribution in [0.3, 0.4) is 0 Å². The number of nitrogens with two attached hydrogens (primary N) is 1. The van der Waals surface area contributed by atoms with Gasteiger partial charge in [0.2, 0.25) is 10.0 Å². The van der Waals surface area contributed by atoms with Gasteiger partial charge in [0, 0.05) is 12.2 Å². The van der Waals surface area contributed by atoms with Crippen LogP contribution in [0.4, 0.5) is 5.69 Å². The number of esters is 1.